The number of rotatable bonds is 4. The molecule has 1 heterocycles. The van der Waals surface area contributed by atoms with Gasteiger partial charge in [0.25, 0.3) is 5.91 Å². The van der Waals surface area contributed by atoms with E-state index in [0.717, 1.165) is 11.3 Å². The minimum atomic E-state index is 0.00686. The second kappa shape index (κ2) is 8.47. The van der Waals surface area contributed by atoms with Crippen molar-refractivity contribution in [3.63, 3.8) is 0 Å². The summed E-state index contributed by atoms with van der Waals surface area (Å²) in [5, 5.41) is 14.3. The predicted octanol–water partition coefficient (Wildman–Crippen LogP) is 2.89. The fourth-order valence-corrected chi connectivity index (χ4v) is 4.21. The third-order valence-electron chi connectivity index (χ3n) is 3.63. The number of carbonyl (C=O) groups is 1. The normalized spacial score (nSPS) is 21.4. The van der Waals surface area contributed by atoms with Crippen LogP contribution in [0.3, 0.4) is 0 Å². The highest BCUT2D eigenvalue weighted by atomic mass is 32.2. The Bertz CT molecular complexity index is 530. The number of hydrogen-bond donors (Lipinski definition) is 2. The molecule has 1 amide bonds. The molecule has 1 aromatic heterocycles. The summed E-state index contributed by atoms with van der Waals surface area (Å²) in [6, 6.07) is 2.12. The predicted molar refractivity (Wildman–Crippen MR) is 89.9 cm³/mol. The van der Waals surface area contributed by atoms with Crippen LogP contribution in [0.15, 0.2) is 11.4 Å². The molecule has 1 aliphatic rings. The van der Waals surface area contributed by atoms with Crippen molar-refractivity contribution in [2.24, 2.45) is 0 Å². The first-order chi connectivity index (χ1) is 10.2. The zero-order valence-electron chi connectivity index (χ0n) is 12.2. The molecular weight excluding hydrogens is 302 g/mol. The molecule has 0 saturated heterocycles. The lowest BCUT2D eigenvalue weighted by atomic mass is 9.94. The molecule has 1 fully saturated rings. The Balaban J connectivity index is 1.95. The van der Waals surface area contributed by atoms with Gasteiger partial charge in [-0.3, -0.25) is 4.79 Å². The van der Waals surface area contributed by atoms with Gasteiger partial charge in [-0.1, -0.05) is 24.7 Å². The molecule has 1 aliphatic carbocycles. The average Bonchev–Trinajstić information content (AvgIpc) is 2.97. The number of thioether (sulfide) groups is 1. The number of nitrogens with one attached hydrogen (secondary N) is 1. The number of carbonyl (C=O) groups excluding carboxylic acids is 1. The fraction of sp³-hybridized carbons (Fsp3) is 0.562. The zero-order valence-corrected chi connectivity index (χ0v) is 13.9. The van der Waals surface area contributed by atoms with Crippen LogP contribution < -0.4 is 5.32 Å². The summed E-state index contributed by atoms with van der Waals surface area (Å²) in [6.07, 6.45) is 7.31. The summed E-state index contributed by atoms with van der Waals surface area (Å²) in [5.41, 5.74) is 0.693. The molecule has 2 unspecified atom stereocenters. The first-order valence-corrected chi connectivity index (χ1v) is 9.43. The van der Waals surface area contributed by atoms with E-state index in [1.165, 1.54) is 30.6 Å². The SMILES string of the molecule is CSC1CCCCC1NC(=O)c1csc(C#CCCO)c1. The van der Waals surface area contributed by atoms with Crippen molar-refractivity contribution in [1.29, 1.82) is 0 Å². The van der Waals surface area contributed by atoms with Crippen LogP contribution in [0.4, 0.5) is 0 Å². The lowest BCUT2D eigenvalue weighted by molar-refractivity contribution is 0.0930. The van der Waals surface area contributed by atoms with Crippen LogP contribution in [0.25, 0.3) is 0 Å². The molecular formula is C16H21NO2S2. The Morgan fingerprint density at radius 3 is 3.10 bits per heavy atom. The van der Waals surface area contributed by atoms with Gasteiger partial charge in [0.05, 0.1) is 17.0 Å². The van der Waals surface area contributed by atoms with Gasteiger partial charge in [-0.15, -0.1) is 11.3 Å². The Morgan fingerprint density at radius 1 is 1.52 bits per heavy atom. The first kappa shape index (κ1) is 16.4. The molecule has 0 aliphatic heterocycles. The number of amides is 1. The number of aliphatic hydroxyl groups is 1. The molecule has 0 aromatic carbocycles. The highest BCUT2D eigenvalue weighted by molar-refractivity contribution is 7.99. The molecule has 21 heavy (non-hydrogen) atoms. The van der Waals surface area contributed by atoms with Crippen molar-refractivity contribution < 1.29 is 9.90 Å². The summed E-state index contributed by atoms with van der Waals surface area (Å²) in [6.45, 7) is 0.0729. The van der Waals surface area contributed by atoms with E-state index in [4.69, 9.17) is 5.11 Å². The highest BCUT2D eigenvalue weighted by Gasteiger charge is 2.26. The maximum absolute atomic E-state index is 12.3. The van der Waals surface area contributed by atoms with Crippen molar-refractivity contribution >= 4 is 29.0 Å². The lowest BCUT2D eigenvalue weighted by Crippen LogP contribution is -2.43. The topological polar surface area (TPSA) is 49.3 Å². The monoisotopic (exact) mass is 323 g/mol. The second-order valence-corrected chi connectivity index (χ2v) is 7.10. The Hall–Kier alpha value is -0.960. The Kier molecular flexibility index (Phi) is 6.62. The zero-order chi connectivity index (χ0) is 15.1. The largest absolute Gasteiger partial charge is 0.395 e. The molecule has 0 spiro atoms. The van der Waals surface area contributed by atoms with Gasteiger partial charge in [-0.2, -0.15) is 11.8 Å². The molecule has 2 N–H and O–H groups in total. The highest BCUT2D eigenvalue weighted by Crippen LogP contribution is 2.27. The second-order valence-electron chi connectivity index (χ2n) is 5.11. The third kappa shape index (κ3) is 4.77. The van der Waals surface area contributed by atoms with E-state index in [1.54, 1.807) is 0 Å². The van der Waals surface area contributed by atoms with E-state index in [9.17, 15) is 4.79 Å². The fourth-order valence-electron chi connectivity index (χ4n) is 2.52. The molecule has 2 atom stereocenters. The van der Waals surface area contributed by atoms with Crippen LogP contribution in [-0.4, -0.2) is 35.2 Å². The maximum Gasteiger partial charge on any atom is 0.252 e. The van der Waals surface area contributed by atoms with Crippen molar-refractivity contribution in [1.82, 2.24) is 5.32 Å². The van der Waals surface area contributed by atoms with Crippen molar-refractivity contribution in [2.75, 3.05) is 12.9 Å². The van der Waals surface area contributed by atoms with E-state index in [1.807, 2.05) is 23.2 Å². The van der Waals surface area contributed by atoms with E-state index in [-0.39, 0.29) is 18.6 Å². The summed E-state index contributed by atoms with van der Waals surface area (Å²) in [7, 11) is 0. The van der Waals surface area contributed by atoms with Crippen LogP contribution in [0, 0.1) is 11.8 Å². The minimum absolute atomic E-state index is 0.00686. The summed E-state index contributed by atoms with van der Waals surface area (Å²) in [5.74, 6) is 5.85. The average molecular weight is 323 g/mol. The van der Waals surface area contributed by atoms with Gasteiger partial charge in [-0.05, 0) is 25.2 Å². The molecule has 2 rings (SSSR count). The summed E-state index contributed by atoms with van der Waals surface area (Å²) in [4.78, 5) is 13.2. The number of aliphatic hydroxyl groups excluding tert-OH is 1. The van der Waals surface area contributed by atoms with Gasteiger partial charge in [0.15, 0.2) is 0 Å². The van der Waals surface area contributed by atoms with Crippen LogP contribution in [-0.2, 0) is 0 Å². The maximum atomic E-state index is 12.3. The molecule has 5 heteroatoms. The van der Waals surface area contributed by atoms with Gasteiger partial charge in [0.2, 0.25) is 0 Å². The standard InChI is InChI=1S/C16H21NO2S2/c1-20-15-8-3-2-7-14(15)17-16(19)12-10-13(21-11-12)6-4-5-9-18/h10-11,14-15,18H,2-3,5,7-9H2,1H3,(H,17,19). The van der Waals surface area contributed by atoms with Gasteiger partial charge in [0, 0.05) is 23.1 Å². The third-order valence-corrected chi connectivity index (χ3v) is 5.65. The van der Waals surface area contributed by atoms with Gasteiger partial charge in [0.1, 0.15) is 0 Å². The Labute approximate surface area is 134 Å². The summed E-state index contributed by atoms with van der Waals surface area (Å²) >= 11 is 3.33. The molecule has 0 radical (unpaired) electrons. The van der Waals surface area contributed by atoms with E-state index >= 15 is 0 Å². The van der Waals surface area contributed by atoms with E-state index < -0.39 is 0 Å². The quantitative estimate of drug-likeness (QED) is 0.838. The molecule has 3 nitrogen and oxygen atoms in total. The van der Waals surface area contributed by atoms with Crippen LogP contribution in [0.1, 0.15) is 47.3 Å². The van der Waals surface area contributed by atoms with Crippen LogP contribution >= 0.6 is 23.1 Å². The number of hydrogen-bond acceptors (Lipinski definition) is 4. The van der Waals surface area contributed by atoms with Crippen LogP contribution in [0.5, 0.6) is 0 Å². The van der Waals surface area contributed by atoms with Gasteiger partial charge in [-0.25, -0.2) is 0 Å². The van der Waals surface area contributed by atoms with Gasteiger partial charge < -0.3 is 10.4 Å². The van der Waals surface area contributed by atoms with E-state index in [2.05, 4.69) is 23.4 Å². The van der Waals surface area contributed by atoms with Crippen molar-refractivity contribution in [2.45, 2.75) is 43.4 Å². The molecule has 114 valence electrons. The minimum Gasteiger partial charge on any atom is -0.395 e. The van der Waals surface area contributed by atoms with Gasteiger partial charge >= 0.3 is 0 Å². The van der Waals surface area contributed by atoms with Crippen molar-refractivity contribution in [3.05, 3.63) is 21.9 Å². The van der Waals surface area contributed by atoms with Crippen molar-refractivity contribution in [3.8, 4) is 11.8 Å². The number of thiophene rings is 1. The molecule has 1 aromatic rings. The lowest BCUT2D eigenvalue weighted by Gasteiger charge is -2.30. The Morgan fingerprint density at radius 2 is 2.33 bits per heavy atom. The first-order valence-electron chi connectivity index (χ1n) is 7.26. The van der Waals surface area contributed by atoms with E-state index in [0.29, 0.717) is 17.2 Å². The van der Waals surface area contributed by atoms with Crippen LogP contribution in [0.2, 0.25) is 0 Å². The molecule has 1 saturated carbocycles. The smallest absolute Gasteiger partial charge is 0.252 e. The summed E-state index contributed by atoms with van der Waals surface area (Å²) < 4.78 is 0. The molecule has 0 bridgehead atoms.